The number of hydrogen-bond donors (Lipinski definition) is 2. The second kappa shape index (κ2) is 10.8. The summed E-state index contributed by atoms with van der Waals surface area (Å²) in [6.45, 7) is 7.42. The van der Waals surface area contributed by atoms with E-state index in [9.17, 15) is 14.4 Å². The fourth-order valence-electron chi connectivity index (χ4n) is 4.64. The van der Waals surface area contributed by atoms with Crippen molar-refractivity contribution in [3.05, 3.63) is 95.1 Å². The van der Waals surface area contributed by atoms with Gasteiger partial charge in [-0.15, -0.1) is 0 Å². The van der Waals surface area contributed by atoms with Crippen LogP contribution >= 0.6 is 0 Å². The Bertz CT molecular complexity index is 1220. The molecule has 2 N–H and O–H groups in total. The molecule has 0 saturated carbocycles. The largest absolute Gasteiger partial charge is 0.449 e. The van der Waals surface area contributed by atoms with E-state index in [1.807, 2.05) is 57.2 Å². The standard InChI is InChI=1S/C30H32N2O4/c1-18(2)27(29(34)31-20(4)28(33)21-15-13-19(3)14-16-21)32-30(35)36-17-26-24-11-7-5-9-22(24)23-10-6-8-12-25(23)26/h5-16,18,20,26-27H,17H2,1-4H3,(H,31,34)(H,32,35)/t20-,27+/m1/s1. The molecular formula is C30H32N2O4. The molecule has 2 amide bonds. The van der Waals surface area contributed by atoms with E-state index in [2.05, 4.69) is 34.9 Å². The van der Waals surface area contributed by atoms with Crippen LogP contribution < -0.4 is 10.6 Å². The third-order valence-electron chi connectivity index (χ3n) is 6.65. The highest BCUT2D eigenvalue weighted by molar-refractivity contribution is 6.02. The maximum Gasteiger partial charge on any atom is 0.407 e. The van der Waals surface area contributed by atoms with Crippen LogP contribution in [0.4, 0.5) is 4.79 Å². The molecule has 3 aromatic rings. The predicted molar refractivity (Wildman–Crippen MR) is 140 cm³/mol. The van der Waals surface area contributed by atoms with Crippen molar-refractivity contribution in [2.75, 3.05) is 6.61 Å². The van der Waals surface area contributed by atoms with Crippen molar-refractivity contribution < 1.29 is 19.1 Å². The molecule has 0 bridgehead atoms. The van der Waals surface area contributed by atoms with Crippen LogP contribution in [0.2, 0.25) is 0 Å². The maximum absolute atomic E-state index is 13.0. The van der Waals surface area contributed by atoms with Crippen molar-refractivity contribution in [1.29, 1.82) is 0 Å². The number of alkyl carbamates (subject to hydrolysis) is 1. The summed E-state index contributed by atoms with van der Waals surface area (Å²) in [7, 11) is 0. The van der Waals surface area contributed by atoms with Crippen LogP contribution in [0.15, 0.2) is 72.8 Å². The van der Waals surface area contributed by atoms with Gasteiger partial charge in [0.05, 0.1) is 6.04 Å². The van der Waals surface area contributed by atoms with Crippen molar-refractivity contribution in [3.63, 3.8) is 0 Å². The number of benzene rings is 3. The first-order valence-electron chi connectivity index (χ1n) is 12.3. The topological polar surface area (TPSA) is 84.5 Å². The van der Waals surface area contributed by atoms with E-state index in [1.54, 1.807) is 19.1 Å². The number of carbonyl (C=O) groups excluding carboxylic acids is 3. The highest BCUT2D eigenvalue weighted by atomic mass is 16.5. The molecule has 0 aliphatic heterocycles. The number of hydrogen-bond acceptors (Lipinski definition) is 4. The van der Waals surface area contributed by atoms with E-state index in [4.69, 9.17) is 4.74 Å². The Hall–Kier alpha value is -3.93. The highest BCUT2D eigenvalue weighted by Crippen LogP contribution is 2.44. The van der Waals surface area contributed by atoms with Crippen LogP contribution in [-0.2, 0) is 9.53 Å². The average Bonchev–Trinajstić information content (AvgIpc) is 3.19. The Labute approximate surface area is 212 Å². The summed E-state index contributed by atoms with van der Waals surface area (Å²) in [5.41, 5.74) is 6.11. The Morgan fingerprint density at radius 3 is 1.92 bits per heavy atom. The summed E-state index contributed by atoms with van der Waals surface area (Å²) in [5.74, 6) is -0.882. The zero-order chi connectivity index (χ0) is 25.8. The van der Waals surface area contributed by atoms with Crippen LogP contribution in [0.3, 0.4) is 0 Å². The first-order valence-corrected chi connectivity index (χ1v) is 12.3. The third kappa shape index (κ3) is 5.33. The minimum atomic E-state index is -0.839. The summed E-state index contributed by atoms with van der Waals surface area (Å²) in [5, 5.41) is 5.44. The van der Waals surface area contributed by atoms with E-state index >= 15 is 0 Å². The van der Waals surface area contributed by atoms with E-state index < -0.39 is 24.1 Å². The summed E-state index contributed by atoms with van der Waals surface area (Å²) in [6.07, 6.45) is -0.664. The summed E-state index contributed by atoms with van der Waals surface area (Å²) in [4.78, 5) is 38.4. The SMILES string of the molecule is Cc1ccc(C(=O)[C@@H](C)NC(=O)[C@@H](NC(=O)OCC2c3ccccc3-c3ccccc32)C(C)C)cc1. The lowest BCUT2D eigenvalue weighted by Gasteiger charge is -2.24. The summed E-state index contributed by atoms with van der Waals surface area (Å²) >= 11 is 0. The van der Waals surface area contributed by atoms with Gasteiger partial charge in [-0.3, -0.25) is 9.59 Å². The lowest BCUT2D eigenvalue weighted by molar-refractivity contribution is -0.124. The zero-order valence-electron chi connectivity index (χ0n) is 21.1. The van der Waals surface area contributed by atoms with Crippen LogP contribution in [0, 0.1) is 12.8 Å². The fraction of sp³-hybridized carbons (Fsp3) is 0.300. The molecule has 0 heterocycles. The van der Waals surface area contributed by atoms with Crippen LogP contribution in [0.25, 0.3) is 11.1 Å². The number of ketones is 1. The molecule has 1 aliphatic carbocycles. The molecule has 0 unspecified atom stereocenters. The molecule has 0 radical (unpaired) electrons. The minimum Gasteiger partial charge on any atom is -0.449 e. The normalized spacial score (nSPS) is 13.9. The average molecular weight is 485 g/mol. The second-order valence-corrected chi connectivity index (χ2v) is 9.65. The van der Waals surface area contributed by atoms with Gasteiger partial charge in [0.15, 0.2) is 5.78 Å². The van der Waals surface area contributed by atoms with Crippen molar-refractivity contribution >= 4 is 17.8 Å². The molecule has 1 aliphatic rings. The number of nitrogens with one attached hydrogen (secondary N) is 2. The molecule has 6 heteroatoms. The number of aryl methyl sites for hydroxylation is 1. The Morgan fingerprint density at radius 1 is 0.806 bits per heavy atom. The monoisotopic (exact) mass is 484 g/mol. The van der Waals surface area contributed by atoms with Crippen molar-refractivity contribution in [3.8, 4) is 11.1 Å². The van der Waals surface area contributed by atoms with Gasteiger partial charge in [0.25, 0.3) is 0 Å². The molecule has 36 heavy (non-hydrogen) atoms. The van der Waals surface area contributed by atoms with E-state index in [0.717, 1.165) is 27.8 Å². The van der Waals surface area contributed by atoms with E-state index in [-0.39, 0.29) is 24.2 Å². The lowest BCUT2D eigenvalue weighted by Crippen LogP contribution is -2.53. The Kier molecular flexibility index (Phi) is 7.53. The third-order valence-corrected chi connectivity index (χ3v) is 6.65. The van der Waals surface area contributed by atoms with E-state index in [1.165, 1.54) is 0 Å². The second-order valence-electron chi connectivity index (χ2n) is 9.65. The smallest absolute Gasteiger partial charge is 0.407 e. The van der Waals surface area contributed by atoms with E-state index in [0.29, 0.717) is 5.56 Å². The molecule has 2 atom stereocenters. The van der Waals surface area contributed by atoms with Crippen LogP contribution in [0.1, 0.15) is 53.7 Å². The predicted octanol–water partition coefficient (Wildman–Crippen LogP) is 5.25. The van der Waals surface area contributed by atoms with Gasteiger partial charge in [-0.25, -0.2) is 4.79 Å². The van der Waals surface area contributed by atoms with Gasteiger partial charge in [0, 0.05) is 11.5 Å². The van der Waals surface area contributed by atoms with Crippen LogP contribution in [0.5, 0.6) is 0 Å². The molecule has 6 nitrogen and oxygen atoms in total. The van der Waals surface area contributed by atoms with Gasteiger partial charge >= 0.3 is 6.09 Å². The van der Waals surface area contributed by atoms with Gasteiger partial charge in [0.1, 0.15) is 12.6 Å². The van der Waals surface area contributed by atoms with Gasteiger partial charge < -0.3 is 15.4 Å². The number of carbonyl (C=O) groups is 3. The maximum atomic E-state index is 13.0. The van der Waals surface area contributed by atoms with Gasteiger partial charge in [-0.1, -0.05) is 92.2 Å². The quantitative estimate of drug-likeness (QED) is 0.428. The zero-order valence-corrected chi connectivity index (χ0v) is 21.1. The van der Waals surface area contributed by atoms with Gasteiger partial charge in [0.2, 0.25) is 5.91 Å². The minimum absolute atomic E-state index is 0.0679. The molecule has 0 aromatic heterocycles. The Morgan fingerprint density at radius 2 is 1.36 bits per heavy atom. The molecule has 0 fully saturated rings. The molecule has 4 rings (SSSR count). The summed E-state index contributed by atoms with van der Waals surface area (Å²) in [6, 6.07) is 21.9. The van der Waals surface area contributed by atoms with Gasteiger partial charge in [-0.2, -0.15) is 0 Å². The number of fused-ring (bicyclic) bond motifs is 3. The molecule has 186 valence electrons. The first kappa shape index (κ1) is 25.2. The number of rotatable bonds is 8. The van der Waals surface area contributed by atoms with Crippen molar-refractivity contribution in [2.24, 2.45) is 5.92 Å². The lowest BCUT2D eigenvalue weighted by atomic mass is 9.98. The van der Waals surface area contributed by atoms with Crippen molar-refractivity contribution in [2.45, 2.75) is 45.7 Å². The van der Waals surface area contributed by atoms with Crippen LogP contribution in [-0.4, -0.2) is 36.5 Å². The Balaban J connectivity index is 1.38. The number of Topliss-reactive ketones (excluding diaryl/α,β-unsaturated/α-hetero) is 1. The van der Waals surface area contributed by atoms with Crippen molar-refractivity contribution in [1.82, 2.24) is 10.6 Å². The molecule has 0 saturated heterocycles. The first-order chi connectivity index (χ1) is 17.3. The molecule has 3 aromatic carbocycles. The molecule has 0 spiro atoms. The fourth-order valence-corrected chi connectivity index (χ4v) is 4.64. The number of amides is 2. The molecular weight excluding hydrogens is 452 g/mol. The number of ether oxygens (including phenoxy) is 1. The summed E-state index contributed by atoms with van der Waals surface area (Å²) < 4.78 is 5.61. The van der Waals surface area contributed by atoms with Gasteiger partial charge in [-0.05, 0) is 42.0 Å². The highest BCUT2D eigenvalue weighted by Gasteiger charge is 2.31.